The fraction of sp³-hybridized carbons (Fsp3) is 0.273. The van der Waals surface area contributed by atoms with Crippen LogP contribution in [-0.2, 0) is 14.7 Å². The molecule has 2 aromatic carbocycles. The lowest BCUT2D eigenvalue weighted by atomic mass is 9.87. The van der Waals surface area contributed by atoms with E-state index in [1.54, 1.807) is 37.3 Å². The lowest BCUT2D eigenvalue weighted by Gasteiger charge is -2.21. The van der Waals surface area contributed by atoms with Gasteiger partial charge in [-0.05, 0) is 48.2 Å². The summed E-state index contributed by atoms with van der Waals surface area (Å²) < 4.78 is 19.5. The van der Waals surface area contributed by atoms with Gasteiger partial charge in [0.25, 0.3) is 0 Å². The minimum Gasteiger partial charge on any atom is -0.462 e. The maximum Gasteiger partial charge on any atom is 0.341 e. The van der Waals surface area contributed by atoms with Crippen LogP contribution in [0.1, 0.15) is 43.6 Å². The van der Waals surface area contributed by atoms with Crippen molar-refractivity contribution < 1.29 is 19.0 Å². The number of carbonyl (C=O) groups is 1. The van der Waals surface area contributed by atoms with Crippen LogP contribution in [0.4, 0.5) is 5.69 Å². The molecule has 2 N–H and O–H groups in total. The van der Waals surface area contributed by atoms with Gasteiger partial charge < -0.3 is 14.7 Å². The SMILES string of the molecule is CCOC(=O)c1cnn(-c2cc(Cl)ccc2NP(=O)(O)c2ccc(C(C)(C)C)cc2)c1. The third kappa shape index (κ3) is 5.37. The van der Waals surface area contributed by atoms with Crippen molar-refractivity contribution in [3.8, 4) is 5.69 Å². The van der Waals surface area contributed by atoms with E-state index in [2.05, 4.69) is 31.0 Å². The lowest BCUT2D eigenvalue weighted by molar-refractivity contribution is 0.0526. The summed E-state index contributed by atoms with van der Waals surface area (Å²) in [5.74, 6) is -0.503. The predicted octanol–water partition coefficient (Wildman–Crippen LogP) is 4.92. The summed E-state index contributed by atoms with van der Waals surface area (Å²) in [5, 5.41) is 7.59. The first-order chi connectivity index (χ1) is 14.5. The molecule has 0 spiro atoms. The molecule has 31 heavy (non-hydrogen) atoms. The Bertz CT molecular complexity index is 1140. The van der Waals surface area contributed by atoms with Crippen molar-refractivity contribution in [2.45, 2.75) is 33.1 Å². The zero-order valence-corrected chi connectivity index (χ0v) is 19.4. The van der Waals surface area contributed by atoms with Crippen molar-refractivity contribution in [1.29, 1.82) is 0 Å². The number of esters is 1. The van der Waals surface area contributed by atoms with Crippen LogP contribution in [0, 0.1) is 0 Å². The summed E-state index contributed by atoms with van der Waals surface area (Å²) in [6.07, 6.45) is 2.85. The Hall–Kier alpha value is -2.60. The van der Waals surface area contributed by atoms with Gasteiger partial charge in [-0.1, -0.05) is 44.5 Å². The van der Waals surface area contributed by atoms with Gasteiger partial charge in [0.15, 0.2) is 0 Å². The third-order valence-electron chi connectivity index (χ3n) is 4.66. The van der Waals surface area contributed by atoms with E-state index in [4.69, 9.17) is 16.3 Å². The average molecular weight is 462 g/mol. The maximum atomic E-state index is 13.1. The smallest absolute Gasteiger partial charge is 0.341 e. The number of nitrogens with zero attached hydrogens (tertiary/aromatic N) is 2. The summed E-state index contributed by atoms with van der Waals surface area (Å²) in [7, 11) is -3.95. The molecule has 0 fully saturated rings. The van der Waals surface area contributed by atoms with Crippen molar-refractivity contribution >= 4 is 36.1 Å². The Kier molecular flexibility index (Phi) is 6.60. The topological polar surface area (TPSA) is 93.5 Å². The summed E-state index contributed by atoms with van der Waals surface area (Å²) in [5.41, 5.74) is 2.02. The molecule has 0 aliphatic heterocycles. The van der Waals surface area contributed by atoms with Gasteiger partial charge in [0.05, 0.1) is 35.0 Å². The van der Waals surface area contributed by atoms with E-state index in [0.29, 0.717) is 16.4 Å². The van der Waals surface area contributed by atoms with Crippen LogP contribution in [-0.4, -0.2) is 27.3 Å². The number of rotatable bonds is 6. The van der Waals surface area contributed by atoms with Crippen molar-refractivity contribution in [2.24, 2.45) is 0 Å². The molecule has 0 saturated carbocycles. The van der Waals surface area contributed by atoms with Crippen LogP contribution in [0.15, 0.2) is 54.9 Å². The summed E-state index contributed by atoms with van der Waals surface area (Å²) >= 11 is 6.14. The minimum atomic E-state index is -3.95. The summed E-state index contributed by atoms with van der Waals surface area (Å²) in [4.78, 5) is 22.7. The largest absolute Gasteiger partial charge is 0.462 e. The van der Waals surface area contributed by atoms with Gasteiger partial charge in [-0.25, -0.2) is 9.48 Å². The number of benzene rings is 2. The van der Waals surface area contributed by atoms with E-state index in [1.807, 2.05) is 12.1 Å². The van der Waals surface area contributed by atoms with Gasteiger partial charge in [0.2, 0.25) is 0 Å². The Morgan fingerprint density at radius 2 is 1.90 bits per heavy atom. The van der Waals surface area contributed by atoms with E-state index in [1.165, 1.54) is 17.1 Å². The van der Waals surface area contributed by atoms with Crippen molar-refractivity contribution in [1.82, 2.24) is 9.78 Å². The molecule has 1 atom stereocenters. The Morgan fingerprint density at radius 3 is 2.52 bits per heavy atom. The fourth-order valence-corrected chi connectivity index (χ4v) is 4.32. The van der Waals surface area contributed by atoms with Gasteiger partial charge in [0, 0.05) is 11.2 Å². The van der Waals surface area contributed by atoms with Crippen LogP contribution >= 0.6 is 19.1 Å². The Labute approximate surface area is 186 Å². The van der Waals surface area contributed by atoms with Gasteiger partial charge in [-0.2, -0.15) is 5.10 Å². The monoisotopic (exact) mass is 461 g/mol. The van der Waals surface area contributed by atoms with Crippen molar-refractivity contribution in [3.05, 3.63) is 71.0 Å². The second-order valence-corrected chi connectivity index (χ2v) is 10.4. The van der Waals surface area contributed by atoms with Crippen LogP contribution in [0.3, 0.4) is 0 Å². The number of carbonyl (C=O) groups excluding carboxylic acids is 1. The molecule has 164 valence electrons. The van der Waals surface area contributed by atoms with Crippen LogP contribution in [0.2, 0.25) is 5.02 Å². The first kappa shape index (κ1) is 23.1. The molecule has 0 radical (unpaired) electrons. The van der Waals surface area contributed by atoms with Gasteiger partial charge in [-0.15, -0.1) is 0 Å². The number of hydrogen-bond donors (Lipinski definition) is 2. The number of nitrogens with one attached hydrogen (secondary N) is 1. The highest BCUT2D eigenvalue weighted by molar-refractivity contribution is 7.67. The molecule has 0 aliphatic carbocycles. The molecular formula is C22H25ClN3O4P. The molecule has 9 heteroatoms. The number of hydrogen-bond acceptors (Lipinski definition) is 4. The molecule has 0 bridgehead atoms. The van der Waals surface area contributed by atoms with E-state index in [0.717, 1.165) is 5.56 Å². The molecule has 1 heterocycles. The number of anilines is 1. The van der Waals surface area contributed by atoms with Gasteiger partial charge in [0.1, 0.15) is 0 Å². The van der Waals surface area contributed by atoms with E-state index >= 15 is 0 Å². The second-order valence-electron chi connectivity index (χ2n) is 8.04. The average Bonchev–Trinajstić information content (AvgIpc) is 3.19. The van der Waals surface area contributed by atoms with Crippen molar-refractivity contribution in [2.75, 3.05) is 11.7 Å². The van der Waals surface area contributed by atoms with E-state index in [9.17, 15) is 14.3 Å². The first-order valence-corrected chi connectivity index (χ1v) is 11.8. The molecule has 1 unspecified atom stereocenters. The van der Waals surface area contributed by atoms with Crippen molar-refractivity contribution in [3.63, 3.8) is 0 Å². The summed E-state index contributed by atoms with van der Waals surface area (Å²) in [6, 6.07) is 11.8. The van der Waals surface area contributed by atoms with Crippen LogP contribution in [0.5, 0.6) is 0 Å². The van der Waals surface area contributed by atoms with Crippen LogP contribution < -0.4 is 10.4 Å². The number of ether oxygens (including phenoxy) is 1. The number of halogens is 1. The van der Waals surface area contributed by atoms with Crippen LogP contribution in [0.25, 0.3) is 5.69 Å². The highest BCUT2D eigenvalue weighted by Gasteiger charge is 2.24. The molecule has 3 aromatic rings. The molecule has 3 rings (SSSR count). The number of aromatic nitrogens is 2. The first-order valence-electron chi connectivity index (χ1n) is 9.75. The maximum absolute atomic E-state index is 13.1. The van der Waals surface area contributed by atoms with Gasteiger partial charge in [-0.3, -0.25) is 4.57 Å². The highest BCUT2D eigenvalue weighted by atomic mass is 35.5. The highest BCUT2D eigenvalue weighted by Crippen LogP contribution is 2.42. The molecular weight excluding hydrogens is 437 g/mol. The third-order valence-corrected chi connectivity index (χ3v) is 6.43. The van der Waals surface area contributed by atoms with E-state index in [-0.39, 0.29) is 22.9 Å². The fourth-order valence-electron chi connectivity index (χ4n) is 2.95. The lowest BCUT2D eigenvalue weighted by Crippen LogP contribution is -2.16. The molecule has 1 aromatic heterocycles. The van der Waals surface area contributed by atoms with Gasteiger partial charge >= 0.3 is 13.5 Å². The minimum absolute atomic E-state index is 0.0640. The van der Waals surface area contributed by atoms with E-state index < -0.39 is 13.5 Å². The zero-order chi connectivity index (χ0) is 22.8. The molecule has 0 aliphatic rings. The molecule has 0 amide bonds. The second kappa shape index (κ2) is 8.87. The molecule has 0 saturated heterocycles. The normalized spacial score (nSPS) is 13.5. The zero-order valence-electron chi connectivity index (χ0n) is 17.8. The predicted molar refractivity (Wildman–Crippen MR) is 123 cm³/mol. The quantitative estimate of drug-likeness (QED) is 0.399. The summed E-state index contributed by atoms with van der Waals surface area (Å²) in [6.45, 7) is 8.19. The standard InChI is InChI=1S/C22H25ClN3O4P/c1-5-30-21(27)15-13-24-26(14-15)20-12-17(23)8-11-19(20)25-31(28,29)18-9-6-16(7-10-18)22(2,3)4/h6-14H,5H2,1-4H3,(H2,25,28,29). The Morgan fingerprint density at radius 1 is 1.23 bits per heavy atom. The molecule has 7 nitrogen and oxygen atoms in total. The Balaban J connectivity index is 1.93.